The van der Waals surface area contributed by atoms with Crippen molar-refractivity contribution in [1.29, 1.82) is 0 Å². The minimum Gasteiger partial charge on any atom is -0.481 e. The van der Waals surface area contributed by atoms with Crippen LogP contribution < -0.4 is 10.6 Å². The van der Waals surface area contributed by atoms with Crippen LogP contribution in [0.1, 0.15) is 30.5 Å². The highest BCUT2D eigenvalue weighted by Gasteiger charge is 2.21. The molecule has 140 valence electrons. The van der Waals surface area contributed by atoms with Crippen molar-refractivity contribution in [3.63, 3.8) is 0 Å². The molecule has 1 aromatic carbocycles. The third-order valence-corrected chi connectivity index (χ3v) is 4.37. The molecule has 0 unspecified atom stereocenters. The third-order valence-electron chi connectivity index (χ3n) is 4.37. The van der Waals surface area contributed by atoms with Crippen molar-refractivity contribution in [3.05, 3.63) is 29.5 Å². The summed E-state index contributed by atoms with van der Waals surface area (Å²) in [6.45, 7) is 0. The zero-order chi connectivity index (χ0) is 19.1. The first-order chi connectivity index (χ1) is 12.4. The number of aliphatic carboxylic acids is 2. The van der Waals surface area contributed by atoms with E-state index in [1.54, 1.807) is 0 Å². The van der Waals surface area contributed by atoms with Crippen LogP contribution in [0.5, 0.6) is 0 Å². The summed E-state index contributed by atoms with van der Waals surface area (Å²) in [6.07, 6.45) is 3.44. The summed E-state index contributed by atoms with van der Waals surface area (Å²) in [5.41, 5.74) is 4.75. The standard InChI is InChI=1S/C14H17N3O.C4H6O4/c1-15-9-2-4-13-11(6-9)12-7-10(16-8-18)3-5-14(12)17-13;5-3(6)1-2-4(7)8/h3,5,7-9,15,17H,2,4,6H2,1H3,(H,16,18);1-2H2,(H,5,6)(H,7,8)/t9-;/m1./s1. The van der Waals surface area contributed by atoms with Crippen LogP contribution in [-0.4, -0.2) is 46.6 Å². The number of carboxylic acid groups (broad SMARTS) is 2. The summed E-state index contributed by atoms with van der Waals surface area (Å²) in [4.78, 5) is 33.3. The number of rotatable bonds is 6. The lowest BCUT2D eigenvalue weighted by Crippen LogP contribution is -2.31. The minimum absolute atomic E-state index is 0.296. The smallest absolute Gasteiger partial charge is 0.303 e. The largest absolute Gasteiger partial charge is 0.481 e. The van der Waals surface area contributed by atoms with E-state index in [4.69, 9.17) is 10.2 Å². The number of fused-ring (bicyclic) bond motifs is 3. The zero-order valence-corrected chi connectivity index (χ0v) is 14.5. The number of H-pyrrole nitrogens is 1. The normalized spacial score (nSPS) is 15.5. The van der Waals surface area contributed by atoms with Gasteiger partial charge in [-0.05, 0) is 50.1 Å². The number of aromatic nitrogens is 1. The van der Waals surface area contributed by atoms with Crippen molar-refractivity contribution >= 4 is 34.9 Å². The van der Waals surface area contributed by atoms with Gasteiger partial charge >= 0.3 is 11.9 Å². The SMILES string of the molecule is CN[C@@H]1CCc2[nH]c3ccc(NC=O)cc3c2C1.O=C(O)CCC(=O)O. The molecule has 8 nitrogen and oxygen atoms in total. The third kappa shape index (κ3) is 5.06. The molecule has 0 saturated heterocycles. The fraction of sp³-hybridized carbons (Fsp3) is 0.389. The van der Waals surface area contributed by atoms with E-state index in [1.165, 1.54) is 23.1 Å². The Bertz CT molecular complexity index is 785. The van der Waals surface area contributed by atoms with Crippen LogP contribution in [0.2, 0.25) is 0 Å². The lowest BCUT2D eigenvalue weighted by atomic mass is 9.91. The Hall–Kier alpha value is -2.87. The van der Waals surface area contributed by atoms with Gasteiger partial charge in [0.1, 0.15) is 0 Å². The molecule has 0 spiro atoms. The van der Waals surface area contributed by atoms with Crippen molar-refractivity contribution in [2.45, 2.75) is 38.1 Å². The number of benzene rings is 1. The van der Waals surface area contributed by atoms with Gasteiger partial charge in [0.2, 0.25) is 6.41 Å². The monoisotopic (exact) mass is 361 g/mol. The number of hydrogen-bond acceptors (Lipinski definition) is 4. The number of carbonyl (C=O) groups is 3. The molecule has 1 atom stereocenters. The Kier molecular flexibility index (Phi) is 6.74. The van der Waals surface area contributed by atoms with Crippen molar-refractivity contribution in [1.82, 2.24) is 10.3 Å². The maximum Gasteiger partial charge on any atom is 0.303 e. The van der Waals surface area contributed by atoms with Crippen LogP contribution in [0.3, 0.4) is 0 Å². The number of carboxylic acids is 2. The first-order valence-electron chi connectivity index (χ1n) is 8.39. The predicted molar refractivity (Wildman–Crippen MR) is 97.4 cm³/mol. The van der Waals surface area contributed by atoms with Gasteiger partial charge in [0.25, 0.3) is 0 Å². The van der Waals surface area contributed by atoms with Crippen molar-refractivity contribution in [3.8, 4) is 0 Å². The van der Waals surface area contributed by atoms with E-state index in [9.17, 15) is 14.4 Å². The van der Waals surface area contributed by atoms with E-state index < -0.39 is 11.9 Å². The van der Waals surface area contributed by atoms with Crippen LogP contribution in [0.15, 0.2) is 18.2 Å². The molecule has 26 heavy (non-hydrogen) atoms. The highest BCUT2D eigenvalue weighted by Crippen LogP contribution is 2.30. The average Bonchev–Trinajstić information content (AvgIpc) is 2.98. The molecule has 0 radical (unpaired) electrons. The van der Waals surface area contributed by atoms with Gasteiger partial charge in [0.15, 0.2) is 0 Å². The van der Waals surface area contributed by atoms with E-state index in [0.29, 0.717) is 6.04 Å². The Morgan fingerprint density at radius 2 is 1.96 bits per heavy atom. The molecular weight excluding hydrogens is 338 g/mol. The molecule has 1 aliphatic rings. The van der Waals surface area contributed by atoms with Crippen LogP contribution in [0.25, 0.3) is 10.9 Å². The molecule has 1 aliphatic carbocycles. The van der Waals surface area contributed by atoms with E-state index in [2.05, 4.69) is 21.7 Å². The summed E-state index contributed by atoms with van der Waals surface area (Å²) in [5, 5.41) is 23.1. The molecule has 0 bridgehead atoms. The number of nitrogens with one attached hydrogen (secondary N) is 3. The number of hydrogen-bond donors (Lipinski definition) is 5. The maximum atomic E-state index is 10.5. The Balaban J connectivity index is 0.000000260. The van der Waals surface area contributed by atoms with E-state index in [-0.39, 0.29) is 12.8 Å². The molecule has 1 heterocycles. The summed E-state index contributed by atoms with van der Waals surface area (Å²) < 4.78 is 0. The topological polar surface area (TPSA) is 132 Å². The van der Waals surface area contributed by atoms with Crippen molar-refractivity contribution in [2.75, 3.05) is 12.4 Å². The molecule has 8 heteroatoms. The molecule has 3 rings (SSSR count). The van der Waals surface area contributed by atoms with Crippen LogP contribution in [0.4, 0.5) is 5.69 Å². The molecule has 1 aromatic heterocycles. The first kappa shape index (κ1) is 19.5. The van der Waals surface area contributed by atoms with Crippen LogP contribution in [0, 0.1) is 0 Å². The maximum absolute atomic E-state index is 10.5. The molecule has 0 fully saturated rings. The number of likely N-dealkylation sites (N-methyl/N-ethyl adjacent to an activating group) is 1. The second kappa shape index (κ2) is 9.00. The second-order valence-corrected chi connectivity index (χ2v) is 6.12. The zero-order valence-electron chi connectivity index (χ0n) is 14.5. The van der Waals surface area contributed by atoms with E-state index in [0.717, 1.165) is 30.5 Å². The average molecular weight is 361 g/mol. The number of aryl methyl sites for hydroxylation is 1. The quantitative estimate of drug-likeness (QED) is 0.498. The lowest BCUT2D eigenvalue weighted by Gasteiger charge is -2.21. The van der Waals surface area contributed by atoms with Gasteiger partial charge < -0.3 is 25.8 Å². The second-order valence-electron chi connectivity index (χ2n) is 6.12. The molecular formula is C18H23N3O5. The van der Waals surface area contributed by atoms with Gasteiger partial charge in [0, 0.05) is 28.3 Å². The summed E-state index contributed by atoms with van der Waals surface area (Å²) in [7, 11) is 2.02. The van der Waals surface area contributed by atoms with Gasteiger partial charge in [0.05, 0.1) is 12.8 Å². The Morgan fingerprint density at radius 3 is 2.54 bits per heavy atom. The molecule has 1 amide bonds. The van der Waals surface area contributed by atoms with Gasteiger partial charge in [-0.2, -0.15) is 0 Å². The fourth-order valence-corrected chi connectivity index (χ4v) is 3.04. The molecule has 0 aliphatic heterocycles. The number of aromatic amines is 1. The number of carbonyl (C=O) groups excluding carboxylic acids is 1. The van der Waals surface area contributed by atoms with E-state index >= 15 is 0 Å². The van der Waals surface area contributed by atoms with Crippen LogP contribution in [-0.2, 0) is 27.2 Å². The first-order valence-corrected chi connectivity index (χ1v) is 8.39. The fourth-order valence-electron chi connectivity index (χ4n) is 3.04. The van der Waals surface area contributed by atoms with Crippen molar-refractivity contribution in [2.24, 2.45) is 0 Å². The minimum atomic E-state index is -1.08. The van der Waals surface area contributed by atoms with Gasteiger partial charge in [-0.25, -0.2) is 0 Å². The van der Waals surface area contributed by atoms with Gasteiger partial charge in [-0.3, -0.25) is 14.4 Å². The summed E-state index contributed by atoms with van der Waals surface area (Å²) in [6, 6.07) is 6.57. The van der Waals surface area contributed by atoms with E-state index in [1.807, 2.05) is 19.2 Å². The highest BCUT2D eigenvalue weighted by atomic mass is 16.4. The Morgan fingerprint density at radius 1 is 1.27 bits per heavy atom. The Labute approximate surface area is 150 Å². The predicted octanol–water partition coefficient (Wildman–Crippen LogP) is 1.75. The lowest BCUT2D eigenvalue weighted by molar-refractivity contribution is -0.143. The van der Waals surface area contributed by atoms with Crippen molar-refractivity contribution < 1.29 is 24.6 Å². The summed E-state index contributed by atoms with van der Waals surface area (Å²) in [5.74, 6) is -2.15. The highest BCUT2D eigenvalue weighted by molar-refractivity contribution is 5.89. The van der Waals surface area contributed by atoms with Crippen LogP contribution >= 0.6 is 0 Å². The molecule has 2 aromatic rings. The van der Waals surface area contributed by atoms with Gasteiger partial charge in [-0.1, -0.05) is 0 Å². The number of anilines is 1. The molecule has 0 saturated carbocycles. The summed E-state index contributed by atoms with van der Waals surface area (Å²) >= 11 is 0. The van der Waals surface area contributed by atoms with Gasteiger partial charge in [-0.15, -0.1) is 0 Å². The number of amides is 1. The molecule has 5 N–H and O–H groups in total.